The Kier molecular flexibility index (Phi) is 4.28. The zero-order valence-electron chi connectivity index (χ0n) is 12.1. The lowest BCUT2D eigenvalue weighted by Gasteiger charge is -2.32. The van der Waals surface area contributed by atoms with Crippen LogP contribution in [-0.4, -0.2) is 24.8 Å². The summed E-state index contributed by atoms with van der Waals surface area (Å²) in [6.45, 7) is 8.73. The molecule has 0 aromatic heterocycles. The van der Waals surface area contributed by atoms with Gasteiger partial charge in [-0.2, -0.15) is 0 Å². The van der Waals surface area contributed by atoms with Gasteiger partial charge in [-0.25, -0.2) is 0 Å². The highest BCUT2D eigenvalue weighted by Crippen LogP contribution is 2.36. The van der Waals surface area contributed by atoms with Gasteiger partial charge in [0.15, 0.2) is 0 Å². The van der Waals surface area contributed by atoms with E-state index in [2.05, 4.69) is 15.9 Å². The molecule has 1 aromatic rings. The lowest BCUT2D eigenvalue weighted by atomic mass is 9.78. The van der Waals surface area contributed by atoms with Crippen LogP contribution in [0.15, 0.2) is 22.7 Å². The number of halogens is 1. The second kappa shape index (κ2) is 5.50. The minimum absolute atomic E-state index is 0.232. The van der Waals surface area contributed by atoms with Gasteiger partial charge in [0.1, 0.15) is 6.61 Å². The topological polar surface area (TPSA) is 44.8 Å². The van der Waals surface area contributed by atoms with Crippen LogP contribution in [0.3, 0.4) is 0 Å². The van der Waals surface area contributed by atoms with Crippen molar-refractivity contribution in [2.24, 2.45) is 0 Å². The van der Waals surface area contributed by atoms with Gasteiger partial charge < -0.3 is 14.0 Å². The van der Waals surface area contributed by atoms with E-state index in [1.165, 1.54) is 0 Å². The largest absolute Gasteiger partial charge is 0.494 e. The third kappa shape index (κ3) is 3.08. The van der Waals surface area contributed by atoms with Crippen LogP contribution in [0, 0.1) is 0 Å². The maximum absolute atomic E-state index is 10.3. The second-order valence-electron chi connectivity index (χ2n) is 5.89. The molecule has 108 valence electrons. The Morgan fingerprint density at radius 3 is 2.35 bits per heavy atom. The van der Waals surface area contributed by atoms with Crippen molar-refractivity contribution in [2.75, 3.05) is 0 Å². The number of carbonyl (C=O) groups excluding carboxylic acids is 1. The molecule has 0 unspecified atom stereocenters. The van der Waals surface area contributed by atoms with Crippen molar-refractivity contribution in [1.82, 2.24) is 0 Å². The van der Waals surface area contributed by atoms with Crippen LogP contribution in [0.1, 0.15) is 33.3 Å². The van der Waals surface area contributed by atoms with Crippen LogP contribution in [0.25, 0.3) is 0 Å². The molecule has 0 atom stereocenters. The summed E-state index contributed by atoms with van der Waals surface area (Å²) in [6, 6.07) is 5.78. The zero-order valence-corrected chi connectivity index (χ0v) is 13.7. The molecule has 20 heavy (non-hydrogen) atoms. The molecular formula is C14H18BBrO4. The van der Waals surface area contributed by atoms with Gasteiger partial charge in [-0.1, -0.05) is 22.0 Å². The maximum atomic E-state index is 10.3. The third-order valence-corrected chi connectivity index (χ3v) is 4.28. The van der Waals surface area contributed by atoms with Crippen molar-refractivity contribution in [2.45, 2.75) is 45.5 Å². The van der Waals surface area contributed by atoms with Crippen molar-refractivity contribution in [3.63, 3.8) is 0 Å². The van der Waals surface area contributed by atoms with Crippen molar-refractivity contribution < 1.29 is 18.8 Å². The highest BCUT2D eigenvalue weighted by Gasteiger charge is 2.51. The van der Waals surface area contributed by atoms with Gasteiger partial charge in [-0.3, -0.25) is 4.79 Å². The highest BCUT2D eigenvalue weighted by molar-refractivity contribution is 9.10. The average Bonchev–Trinajstić information content (AvgIpc) is 2.55. The van der Waals surface area contributed by atoms with Crippen LogP contribution >= 0.6 is 15.9 Å². The molecule has 1 heterocycles. The highest BCUT2D eigenvalue weighted by atomic mass is 79.9. The van der Waals surface area contributed by atoms with Gasteiger partial charge in [0.25, 0.3) is 6.47 Å². The van der Waals surface area contributed by atoms with Gasteiger partial charge in [-0.05, 0) is 50.9 Å². The number of hydrogen-bond acceptors (Lipinski definition) is 4. The van der Waals surface area contributed by atoms with E-state index in [1.807, 2.05) is 45.9 Å². The summed E-state index contributed by atoms with van der Waals surface area (Å²) in [6.07, 6.45) is 0. The Labute approximate surface area is 128 Å². The molecule has 0 bridgehead atoms. The van der Waals surface area contributed by atoms with Gasteiger partial charge in [0, 0.05) is 4.47 Å². The first-order chi connectivity index (χ1) is 9.25. The van der Waals surface area contributed by atoms with Crippen molar-refractivity contribution >= 4 is 35.0 Å². The van der Waals surface area contributed by atoms with Crippen LogP contribution in [-0.2, 0) is 25.4 Å². The monoisotopic (exact) mass is 340 g/mol. The summed E-state index contributed by atoms with van der Waals surface area (Å²) >= 11 is 3.45. The molecule has 6 heteroatoms. The quantitative estimate of drug-likeness (QED) is 0.623. The van der Waals surface area contributed by atoms with E-state index in [1.54, 1.807) is 0 Å². The van der Waals surface area contributed by atoms with Crippen molar-refractivity contribution in [3.05, 3.63) is 28.2 Å². The fourth-order valence-corrected chi connectivity index (χ4v) is 2.56. The first kappa shape index (κ1) is 15.5. The van der Waals surface area contributed by atoms with E-state index in [9.17, 15) is 4.79 Å². The number of carbonyl (C=O) groups is 1. The minimum atomic E-state index is -0.424. The first-order valence-electron chi connectivity index (χ1n) is 6.45. The summed E-state index contributed by atoms with van der Waals surface area (Å²) in [5.41, 5.74) is 1.04. The molecule has 0 amide bonds. The normalized spacial score (nSPS) is 19.9. The van der Waals surface area contributed by atoms with Gasteiger partial charge in [0.2, 0.25) is 0 Å². The molecule has 1 saturated heterocycles. The Morgan fingerprint density at radius 2 is 1.80 bits per heavy atom. The van der Waals surface area contributed by atoms with Crippen LogP contribution < -0.4 is 5.46 Å². The molecule has 1 aromatic carbocycles. The van der Waals surface area contributed by atoms with E-state index in [-0.39, 0.29) is 17.8 Å². The Balaban J connectivity index is 2.25. The average molecular weight is 341 g/mol. The fourth-order valence-electron chi connectivity index (χ4n) is 2.00. The van der Waals surface area contributed by atoms with E-state index in [0.29, 0.717) is 6.47 Å². The molecule has 2 rings (SSSR count). The number of ether oxygens (including phenoxy) is 1. The third-order valence-electron chi connectivity index (χ3n) is 3.82. The fraction of sp³-hybridized carbons (Fsp3) is 0.500. The standard InChI is InChI=1S/C14H18BBrO4/c1-13(2)14(3,4)20-15(19-13)11-5-10(8-18-9-17)6-12(16)7-11/h5-7,9H,8H2,1-4H3. The summed E-state index contributed by atoms with van der Waals surface area (Å²) < 4.78 is 17.7. The predicted molar refractivity (Wildman–Crippen MR) is 80.7 cm³/mol. The summed E-state index contributed by atoms with van der Waals surface area (Å²) in [5.74, 6) is 0. The van der Waals surface area contributed by atoms with Gasteiger partial charge in [0.05, 0.1) is 11.2 Å². The molecule has 1 aliphatic heterocycles. The van der Waals surface area contributed by atoms with Crippen LogP contribution in [0.2, 0.25) is 0 Å². The Hall–Kier alpha value is -0.845. The van der Waals surface area contributed by atoms with Crippen molar-refractivity contribution in [3.8, 4) is 0 Å². The molecule has 1 fully saturated rings. The summed E-state index contributed by atoms with van der Waals surface area (Å²) in [4.78, 5) is 10.3. The van der Waals surface area contributed by atoms with E-state index in [4.69, 9.17) is 14.0 Å². The molecule has 0 N–H and O–H groups in total. The maximum Gasteiger partial charge on any atom is 0.494 e. The molecule has 1 aliphatic rings. The van der Waals surface area contributed by atoms with Gasteiger partial charge >= 0.3 is 7.12 Å². The zero-order chi connectivity index (χ0) is 15.0. The molecule has 0 saturated carbocycles. The number of benzene rings is 1. The lowest BCUT2D eigenvalue weighted by Crippen LogP contribution is -2.41. The SMILES string of the molecule is CC1(C)OB(c2cc(Br)cc(COC=O)c2)OC1(C)C. The van der Waals surface area contributed by atoms with E-state index < -0.39 is 7.12 Å². The molecule has 0 radical (unpaired) electrons. The predicted octanol–water partition coefficient (Wildman–Crippen LogP) is 2.42. The van der Waals surface area contributed by atoms with Gasteiger partial charge in [-0.15, -0.1) is 0 Å². The lowest BCUT2D eigenvalue weighted by molar-refractivity contribution is -0.129. The molecule has 0 spiro atoms. The minimum Gasteiger partial charge on any atom is -0.463 e. The summed E-state index contributed by atoms with van der Waals surface area (Å²) in [7, 11) is -0.424. The van der Waals surface area contributed by atoms with Crippen LogP contribution in [0.5, 0.6) is 0 Å². The number of hydrogen-bond donors (Lipinski definition) is 0. The van der Waals surface area contributed by atoms with Crippen LogP contribution in [0.4, 0.5) is 0 Å². The summed E-state index contributed by atoms with van der Waals surface area (Å²) in [5, 5.41) is 0. The van der Waals surface area contributed by atoms with E-state index >= 15 is 0 Å². The smallest absolute Gasteiger partial charge is 0.463 e. The Morgan fingerprint density at radius 1 is 1.20 bits per heavy atom. The Bertz CT molecular complexity index is 500. The number of rotatable bonds is 4. The van der Waals surface area contributed by atoms with Crippen molar-refractivity contribution in [1.29, 1.82) is 0 Å². The molecule has 4 nitrogen and oxygen atoms in total. The molecular weight excluding hydrogens is 323 g/mol. The first-order valence-corrected chi connectivity index (χ1v) is 7.25. The molecule has 0 aliphatic carbocycles. The second-order valence-corrected chi connectivity index (χ2v) is 6.80. The van der Waals surface area contributed by atoms with E-state index in [0.717, 1.165) is 15.5 Å².